The SMILES string of the molecule is CN1C(=O)C(=NC(CCl)Nc2ccc(C(C)(C)C)cc2)N(c2ccccc2Cl)C1=O. The summed E-state index contributed by atoms with van der Waals surface area (Å²) in [6, 6.07) is 14.2. The lowest BCUT2D eigenvalue weighted by Crippen LogP contribution is -2.34. The fraction of sp³-hybridized carbons (Fsp3) is 0.318. The maximum Gasteiger partial charge on any atom is 0.337 e. The molecule has 0 radical (unpaired) electrons. The van der Waals surface area contributed by atoms with Crippen molar-refractivity contribution in [2.24, 2.45) is 4.99 Å². The van der Waals surface area contributed by atoms with Crippen molar-refractivity contribution < 1.29 is 9.59 Å². The van der Waals surface area contributed by atoms with Gasteiger partial charge in [0.15, 0.2) is 0 Å². The molecular formula is C22H24Cl2N4O2. The molecular weight excluding hydrogens is 423 g/mol. The molecule has 0 bridgehead atoms. The van der Waals surface area contributed by atoms with Crippen LogP contribution in [-0.4, -0.2) is 41.8 Å². The van der Waals surface area contributed by atoms with Crippen molar-refractivity contribution in [1.82, 2.24) is 4.90 Å². The highest BCUT2D eigenvalue weighted by Crippen LogP contribution is 2.30. The molecule has 3 amide bonds. The quantitative estimate of drug-likeness (QED) is 0.512. The minimum atomic E-state index is -0.615. The summed E-state index contributed by atoms with van der Waals surface area (Å²) in [5.74, 6) is -0.438. The Morgan fingerprint density at radius 1 is 1.07 bits per heavy atom. The standard InChI is InChI=1S/C22H24Cl2N4O2/c1-22(2,3)14-9-11-15(12-10-14)25-18(13-23)26-19-20(29)27(4)21(30)28(19)17-8-6-5-7-16(17)24/h5-12,18,25H,13H2,1-4H3. The fourth-order valence-electron chi connectivity index (χ4n) is 3.05. The number of nitrogens with one attached hydrogen (secondary N) is 1. The molecule has 1 fully saturated rings. The molecule has 0 aromatic heterocycles. The number of halogens is 2. The highest BCUT2D eigenvalue weighted by atomic mass is 35.5. The van der Waals surface area contributed by atoms with E-state index in [1.807, 2.05) is 24.3 Å². The average Bonchev–Trinajstić information content (AvgIpc) is 2.91. The van der Waals surface area contributed by atoms with Crippen molar-refractivity contribution in [2.75, 3.05) is 23.1 Å². The Labute approximate surface area is 186 Å². The van der Waals surface area contributed by atoms with E-state index >= 15 is 0 Å². The molecule has 1 N–H and O–H groups in total. The number of benzene rings is 2. The molecule has 158 valence electrons. The highest BCUT2D eigenvalue weighted by molar-refractivity contribution is 6.55. The Hall–Kier alpha value is -2.57. The summed E-state index contributed by atoms with van der Waals surface area (Å²) in [6.45, 7) is 6.43. The first-order valence-electron chi connectivity index (χ1n) is 9.51. The molecule has 1 saturated heterocycles. The number of likely N-dealkylation sites (N-methyl/N-ethyl adjacent to an activating group) is 1. The second-order valence-corrected chi connectivity index (χ2v) is 8.74. The number of anilines is 2. The first-order chi connectivity index (χ1) is 14.1. The van der Waals surface area contributed by atoms with Crippen LogP contribution in [0, 0.1) is 0 Å². The first kappa shape index (κ1) is 22.1. The minimum Gasteiger partial charge on any atom is -0.363 e. The topological polar surface area (TPSA) is 65.0 Å². The maximum absolute atomic E-state index is 12.7. The van der Waals surface area contributed by atoms with Crippen LogP contribution in [0.3, 0.4) is 0 Å². The molecule has 0 spiro atoms. The summed E-state index contributed by atoms with van der Waals surface area (Å²) in [6.07, 6.45) is -0.615. The average molecular weight is 447 g/mol. The Balaban J connectivity index is 1.91. The molecule has 1 unspecified atom stereocenters. The van der Waals surface area contributed by atoms with E-state index in [0.29, 0.717) is 10.7 Å². The third-order valence-corrected chi connectivity index (χ3v) is 5.40. The highest BCUT2D eigenvalue weighted by Gasteiger charge is 2.42. The zero-order chi connectivity index (χ0) is 22.1. The van der Waals surface area contributed by atoms with E-state index in [2.05, 4.69) is 31.1 Å². The summed E-state index contributed by atoms with van der Waals surface area (Å²) in [7, 11) is 1.41. The maximum atomic E-state index is 12.7. The Morgan fingerprint density at radius 3 is 2.27 bits per heavy atom. The van der Waals surface area contributed by atoms with Crippen molar-refractivity contribution in [3.8, 4) is 0 Å². The van der Waals surface area contributed by atoms with E-state index in [1.54, 1.807) is 24.3 Å². The number of rotatable bonds is 5. The lowest BCUT2D eigenvalue weighted by atomic mass is 9.87. The molecule has 2 aromatic carbocycles. The van der Waals surface area contributed by atoms with Crippen LogP contribution in [0.1, 0.15) is 26.3 Å². The molecule has 1 atom stereocenters. The number of imide groups is 1. The van der Waals surface area contributed by atoms with E-state index in [1.165, 1.54) is 17.5 Å². The van der Waals surface area contributed by atoms with Gasteiger partial charge in [0.1, 0.15) is 6.17 Å². The molecule has 3 rings (SSSR count). The van der Waals surface area contributed by atoms with Gasteiger partial charge in [-0.1, -0.05) is 56.6 Å². The predicted octanol–water partition coefficient (Wildman–Crippen LogP) is 5.11. The Bertz CT molecular complexity index is 983. The number of urea groups is 1. The van der Waals surface area contributed by atoms with Gasteiger partial charge in [-0.2, -0.15) is 0 Å². The van der Waals surface area contributed by atoms with Crippen molar-refractivity contribution in [3.05, 3.63) is 59.1 Å². The van der Waals surface area contributed by atoms with Crippen LogP contribution < -0.4 is 10.2 Å². The van der Waals surface area contributed by atoms with Gasteiger partial charge >= 0.3 is 6.03 Å². The zero-order valence-electron chi connectivity index (χ0n) is 17.3. The zero-order valence-corrected chi connectivity index (χ0v) is 18.8. The van der Waals surface area contributed by atoms with Crippen molar-refractivity contribution in [3.63, 3.8) is 0 Å². The number of amides is 3. The molecule has 2 aromatic rings. The second kappa shape index (κ2) is 8.66. The smallest absolute Gasteiger partial charge is 0.337 e. The number of alkyl halides is 1. The van der Waals surface area contributed by atoms with Crippen LogP contribution in [-0.2, 0) is 10.2 Å². The summed E-state index contributed by atoms with van der Waals surface area (Å²) < 4.78 is 0. The monoisotopic (exact) mass is 446 g/mol. The van der Waals surface area contributed by atoms with Crippen LogP contribution in [0.2, 0.25) is 5.02 Å². The van der Waals surface area contributed by atoms with Gasteiger partial charge in [-0.05, 0) is 35.2 Å². The normalized spacial score (nSPS) is 17.1. The molecule has 1 aliphatic heterocycles. The Kier molecular flexibility index (Phi) is 6.38. The third-order valence-electron chi connectivity index (χ3n) is 4.79. The van der Waals surface area contributed by atoms with Crippen LogP contribution >= 0.6 is 23.2 Å². The molecule has 1 heterocycles. The van der Waals surface area contributed by atoms with E-state index in [9.17, 15) is 9.59 Å². The third kappa shape index (κ3) is 4.45. The lowest BCUT2D eigenvalue weighted by Gasteiger charge is -2.21. The van der Waals surface area contributed by atoms with Gasteiger partial charge in [-0.15, -0.1) is 11.6 Å². The number of amidine groups is 1. The van der Waals surface area contributed by atoms with Gasteiger partial charge in [-0.3, -0.25) is 9.69 Å². The van der Waals surface area contributed by atoms with Crippen molar-refractivity contribution in [1.29, 1.82) is 0 Å². The summed E-state index contributed by atoms with van der Waals surface area (Å²) in [5, 5.41) is 3.55. The number of carbonyl (C=O) groups excluding carboxylic acids is 2. The molecule has 6 nitrogen and oxygen atoms in total. The van der Waals surface area contributed by atoms with Gasteiger partial charge < -0.3 is 5.32 Å². The van der Waals surface area contributed by atoms with Crippen LogP contribution in [0.4, 0.5) is 16.2 Å². The van der Waals surface area contributed by atoms with Crippen LogP contribution in [0.15, 0.2) is 53.5 Å². The van der Waals surface area contributed by atoms with Gasteiger partial charge in [0.2, 0.25) is 5.84 Å². The van der Waals surface area contributed by atoms with Crippen molar-refractivity contribution in [2.45, 2.75) is 32.4 Å². The largest absolute Gasteiger partial charge is 0.363 e. The summed E-state index contributed by atoms with van der Waals surface area (Å²) in [5.41, 5.74) is 2.45. The number of para-hydroxylation sites is 1. The molecule has 8 heteroatoms. The lowest BCUT2D eigenvalue weighted by molar-refractivity contribution is -0.119. The number of aliphatic imine (C=N–C) groups is 1. The fourth-order valence-corrected chi connectivity index (χ4v) is 3.41. The van der Waals surface area contributed by atoms with E-state index in [4.69, 9.17) is 23.2 Å². The van der Waals surface area contributed by atoms with Crippen LogP contribution in [0.5, 0.6) is 0 Å². The van der Waals surface area contributed by atoms with E-state index in [-0.39, 0.29) is 17.1 Å². The predicted molar refractivity (Wildman–Crippen MR) is 123 cm³/mol. The second-order valence-electron chi connectivity index (χ2n) is 8.03. The molecule has 1 aliphatic rings. The van der Waals surface area contributed by atoms with Gasteiger partial charge in [0.05, 0.1) is 16.6 Å². The molecule has 30 heavy (non-hydrogen) atoms. The molecule has 0 aliphatic carbocycles. The van der Waals surface area contributed by atoms with Gasteiger partial charge in [0.25, 0.3) is 5.91 Å². The van der Waals surface area contributed by atoms with Gasteiger partial charge in [-0.25, -0.2) is 14.7 Å². The first-order valence-corrected chi connectivity index (χ1v) is 10.4. The van der Waals surface area contributed by atoms with E-state index in [0.717, 1.165) is 10.6 Å². The number of hydrogen-bond acceptors (Lipinski definition) is 4. The van der Waals surface area contributed by atoms with E-state index < -0.39 is 18.1 Å². The molecule has 0 saturated carbocycles. The van der Waals surface area contributed by atoms with Crippen LogP contribution in [0.25, 0.3) is 0 Å². The Morgan fingerprint density at radius 2 is 1.70 bits per heavy atom. The van der Waals surface area contributed by atoms with Crippen molar-refractivity contribution >= 4 is 52.4 Å². The number of nitrogens with zero attached hydrogens (tertiary/aromatic N) is 3. The number of carbonyl (C=O) groups is 2. The summed E-state index contributed by atoms with van der Waals surface area (Å²) >= 11 is 12.4. The number of hydrogen-bond donors (Lipinski definition) is 1. The minimum absolute atomic E-state index is 0.0277. The summed E-state index contributed by atoms with van der Waals surface area (Å²) in [4.78, 5) is 32.1. The van der Waals surface area contributed by atoms with Gasteiger partial charge in [0, 0.05) is 12.7 Å².